The molecule has 0 aromatic carbocycles. The van der Waals surface area contributed by atoms with Crippen molar-refractivity contribution in [2.45, 2.75) is 56.5 Å². The summed E-state index contributed by atoms with van der Waals surface area (Å²) in [5, 5.41) is 3.98. The van der Waals surface area contributed by atoms with Crippen LogP contribution in [0.25, 0.3) is 0 Å². The van der Waals surface area contributed by atoms with Crippen LogP contribution in [0, 0.1) is 17.8 Å². The lowest BCUT2D eigenvalue weighted by molar-refractivity contribution is -0.119. The molecule has 0 spiro atoms. The molecule has 5 nitrogen and oxygen atoms in total. The predicted molar refractivity (Wildman–Crippen MR) is 107 cm³/mol. The van der Waals surface area contributed by atoms with Crippen LogP contribution in [-0.2, 0) is 4.79 Å². The molecule has 2 heterocycles. The Hall–Kier alpha value is -1.56. The molecule has 1 aromatic rings. The zero-order valence-corrected chi connectivity index (χ0v) is 16.8. The van der Waals surface area contributed by atoms with E-state index in [1.54, 1.807) is 6.20 Å². The van der Waals surface area contributed by atoms with Crippen molar-refractivity contribution in [1.29, 1.82) is 0 Å². The SMILES string of the molecule is C[C@H](NC(=O)CSc1ccc(C(=O)N2CCCC2)cn1)[C@@H]1C[C@H]2CC[C@H]1C2. The summed E-state index contributed by atoms with van der Waals surface area (Å²) in [6.07, 6.45) is 9.19. The Balaban J connectivity index is 1.23. The molecule has 3 fully saturated rings. The average Bonchev–Trinajstić information content (AvgIpc) is 3.44. The Morgan fingerprint density at radius 1 is 1.26 bits per heavy atom. The lowest BCUT2D eigenvalue weighted by atomic mass is 9.84. The molecule has 4 rings (SSSR count). The Kier molecular flexibility index (Phi) is 5.71. The molecule has 1 N–H and O–H groups in total. The van der Waals surface area contributed by atoms with Crippen LogP contribution in [0.4, 0.5) is 0 Å². The molecule has 146 valence electrons. The lowest BCUT2D eigenvalue weighted by Crippen LogP contribution is -2.40. The third-order valence-electron chi connectivity index (χ3n) is 6.55. The van der Waals surface area contributed by atoms with Crippen molar-refractivity contribution in [2.24, 2.45) is 17.8 Å². The van der Waals surface area contributed by atoms with E-state index < -0.39 is 0 Å². The fourth-order valence-corrected chi connectivity index (χ4v) is 5.80. The van der Waals surface area contributed by atoms with Gasteiger partial charge in [0.2, 0.25) is 5.91 Å². The number of carbonyl (C=O) groups excluding carboxylic acids is 2. The first-order chi connectivity index (χ1) is 13.1. The predicted octanol–water partition coefficient (Wildman–Crippen LogP) is 3.35. The van der Waals surface area contributed by atoms with Crippen LogP contribution in [0.2, 0.25) is 0 Å². The number of amides is 2. The van der Waals surface area contributed by atoms with Crippen molar-refractivity contribution in [2.75, 3.05) is 18.8 Å². The molecule has 2 amide bonds. The first-order valence-corrected chi connectivity index (χ1v) is 11.3. The number of aromatic nitrogens is 1. The quantitative estimate of drug-likeness (QED) is 0.761. The molecule has 2 aliphatic carbocycles. The summed E-state index contributed by atoms with van der Waals surface area (Å²) >= 11 is 1.43. The Morgan fingerprint density at radius 3 is 2.70 bits per heavy atom. The average molecular weight is 388 g/mol. The summed E-state index contributed by atoms with van der Waals surface area (Å²) in [5.74, 6) is 2.90. The fourth-order valence-electron chi connectivity index (χ4n) is 5.14. The zero-order chi connectivity index (χ0) is 18.8. The molecule has 1 saturated heterocycles. The zero-order valence-electron chi connectivity index (χ0n) is 16.0. The molecule has 2 bridgehead atoms. The number of thioether (sulfide) groups is 1. The minimum absolute atomic E-state index is 0.0639. The third-order valence-corrected chi connectivity index (χ3v) is 7.50. The van der Waals surface area contributed by atoms with E-state index >= 15 is 0 Å². The molecule has 4 atom stereocenters. The molecule has 1 aliphatic heterocycles. The van der Waals surface area contributed by atoms with Crippen LogP contribution in [0.3, 0.4) is 0 Å². The highest BCUT2D eigenvalue weighted by molar-refractivity contribution is 7.99. The normalized spacial score (nSPS) is 27.7. The van der Waals surface area contributed by atoms with E-state index in [0.29, 0.717) is 17.2 Å². The van der Waals surface area contributed by atoms with Gasteiger partial charge in [0.1, 0.15) is 0 Å². The summed E-state index contributed by atoms with van der Waals surface area (Å²) < 4.78 is 0. The Bertz CT molecular complexity index is 687. The number of carbonyl (C=O) groups is 2. The smallest absolute Gasteiger partial charge is 0.255 e. The van der Waals surface area contributed by atoms with Gasteiger partial charge in [0.05, 0.1) is 16.3 Å². The standard InChI is InChI=1S/C21H29N3O2S/c1-14(18-11-15-4-5-16(18)10-15)23-19(25)13-27-20-7-6-17(12-22-20)21(26)24-8-2-3-9-24/h6-7,12,14-16,18H,2-5,8-11,13H2,1H3,(H,23,25)/t14-,15-,16-,18-/m0/s1. The van der Waals surface area contributed by atoms with Crippen molar-refractivity contribution < 1.29 is 9.59 Å². The number of likely N-dealkylation sites (tertiary alicyclic amines) is 1. The third kappa shape index (κ3) is 4.31. The summed E-state index contributed by atoms with van der Waals surface area (Å²) in [6, 6.07) is 3.94. The van der Waals surface area contributed by atoms with E-state index in [0.717, 1.165) is 42.8 Å². The highest BCUT2D eigenvalue weighted by Crippen LogP contribution is 2.49. The summed E-state index contributed by atoms with van der Waals surface area (Å²) in [7, 11) is 0. The van der Waals surface area contributed by atoms with Crippen molar-refractivity contribution in [1.82, 2.24) is 15.2 Å². The van der Waals surface area contributed by atoms with Gasteiger partial charge >= 0.3 is 0 Å². The number of pyridine rings is 1. The summed E-state index contributed by atoms with van der Waals surface area (Å²) in [6.45, 7) is 3.84. The minimum Gasteiger partial charge on any atom is -0.353 e. The number of hydrogen-bond donors (Lipinski definition) is 1. The molecule has 2 saturated carbocycles. The Morgan fingerprint density at radius 2 is 2.07 bits per heavy atom. The van der Waals surface area contributed by atoms with Gasteiger partial charge in [-0.3, -0.25) is 9.59 Å². The van der Waals surface area contributed by atoms with Crippen LogP contribution in [0.5, 0.6) is 0 Å². The highest BCUT2D eigenvalue weighted by atomic mass is 32.2. The van der Waals surface area contributed by atoms with Crippen molar-refractivity contribution in [3.05, 3.63) is 23.9 Å². The molecular weight excluding hydrogens is 358 g/mol. The number of fused-ring (bicyclic) bond motifs is 2. The highest BCUT2D eigenvalue weighted by Gasteiger charge is 2.42. The maximum absolute atomic E-state index is 12.3. The summed E-state index contributed by atoms with van der Waals surface area (Å²) in [5.41, 5.74) is 0.635. The minimum atomic E-state index is 0.0639. The number of hydrogen-bond acceptors (Lipinski definition) is 4. The molecule has 0 radical (unpaired) electrons. The molecular formula is C21H29N3O2S. The van der Waals surface area contributed by atoms with E-state index in [-0.39, 0.29) is 17.9 Å². The van der Waals surface area contributed by atoms with Crippen molar-refractivity contribution in [3.8, 4) is 0 Å². The first-order valence-electron chi connectivity index (χ1n) is 10.3. The first kappa shape index (κ1) is 18.8. The lowest BCUT2D eigenvalue weighted by Gasteiger charge is -2.28. The van der Waals surface area contributed by atoms with E-state index in [9.17, 15) is 9.59 Å². The van der Waals surface area contributed by atoms with Crippen LogP contribution >= 0.6 is 11.8 Å². The van der Waals surface area contributed by atoms with Gasteiger partial charge in [-0.25, -0.2) is 4.98 Å². The van der Waals surface area contributed by atoms with Crippen LogP contribution < -0.4 is 5.32 Å². The van der Waals surface area contributed by atoms with E-state index in [2.05, 4.69) is 17.2 Å². The number of rotatable bonds is 6. The second-order valence-corrected chi connectivity index (χ2v) is 9.36. The van der Waals surface area contributed by atoms with Crippen molar-refractivity contribution >= 4 is 23.6 Å². The maximum atomic E-state index is 12.3. The van der Waals surface area contributed by atoms with Gasteiger partial charge in [-0.05, 0) is 68.9 Å². The van der Waals surface area contributed by atoms with E-state index in [4.69, 9.17) is 0 Å². The van der Waals surface area contributed by atoms with Gasteiger partial charge < -0.3 is 10.2 Å². The van der Waals surface area contributed by atoms with Gasteiger partial charge in [0, 0.05) is 25.3 Å². The molecule has 3 aliphatic rings. The second-order valence-electron chi connectivity index (χ2n) is 8.37. The van der Waals surface area contributed by atoms with Gasteiger partial charge in [0.25, 0.3) is 5.91 Å². The maximum Gasteiger partial charge on any atom is 0.255 e. The largest absolute Gasteiger partial charge is 0.353 e. The van der Waals surface area contributed by atoms with Crippen LogP contribution in [0.1, 0.15) is 55.8 Å². The second kappa shape index (κ2) is 8.21. The number of nitrogens with zero attached hydrogens (tertiary/aromatic N) is 2. The van der Waals surface area contributed by atoms with Crippen molar-refractivity contribution in [3.63, 3.8) is 0 Å². The van der Waals surface area contributed by atoms with Gasteiger partial charge in [-0.1, -0.05) is 18.2 Å². The summed E-state index contributed by atoms with van der Waals surface area (Å²) in [4.78, 5) is 30.9. The monoisotopic (exact) mass is 387 g/mol. The Labute approximate surface area is 165 Å². The van der Waals surface area contributed by atoms with E-state index in [1.807, 2.05) is 17.0 Å². The topological polar surface area (TPSA) is 62.3 Å². The van der Waals surface area contributed by atoms with Crippen LogP contribution in [0.15, 0.2) is 23.4 Å². The molecule has 6 heteroatoms. The van der Waals surface area contributed by atoms with E-state index in [1.165, 1.54) is 37.4 Å². The molecule has 27 heavy (non-hydrogen) atoms. The van der Waals surface area contributed by atoms with Gasteiger partial charge in [0.15, 0.2) is 0 Å². The van der Waals surface area contributed by atoms with Crippen LogP contribution in [-0.4, -0.2) is 46.6 Å². The van der Waals surface area contributed by atoms with Gasteiger partial charge in [-0.2, -0.15) is 0 Å². The van der Waals surface area contributed by atoms with Gasteiger partial charge in [-0.15, -0.1) is 0 Å². The molecule has 0 unspecified atom stereocenters. The fraction of sp³-hybridized carbons (Fsp3) is 0.667. The number of nitrogens with one attached hydrogen (secondary N) is 1. The molecule has 1 aromatic heterocycles.